The van der Waals surface area contributed by atoms with Gasteiger partial charge in [0.25, 0.3) is 0 Å². The van der Waals surface area contributed by atoms with E-state index in [2.05, 4.69) is 53.0 Å². The number of anilines is 1. The summed E-state index contributed by atoms with van der Waals surface area (Å²) < 4.78 is 21.8. The van der Waals surface area contributed by atoms with Crippen molar-refractivity contribution in [3.05, 3.63) is 29.1 Å². The van der Waals surface area contributed by atoms with Crippen molar-refractivity contribution >= 4 is 11.3 Å². The molecule has 0 aromatic heterocycles. The van der Waals surface area contributed by atoms with E-state index < -0.39 is 0 Å². The number of rotatable bonds is 5. The van der Waals surface area contributed by atoms with E-state index in [1.807, 2.05) is 13.1 Å². The third kappa shape index (κ3) is 4.49. The van der Waals surface area contributed by atoms with Gasteiger partial charge in [-0.15, -0.1) is 0 Å². The SMILES string of the molecule is CNC1CC(C)NC(Nc2cc3c(c(C4=CCN(C(C)C)CCC4)c2F)OCC3)N1. The first-order chi connectivity index (χ1) is 14.5. The van der Waals surface area contributed by atoms with Crippen molar-refractivity contribution in [3.63, 3.8) is 0 Å². The minimum Gasteiger partial charge on any atom is -0.492 e. The van der Waals surface area contributed by atoms with Crippen LogP contribution >= 0.6 is 0 Å². The molecule has 30 heavy (non-hydrogen) atoms. The predicted molar refractivity (Wildman–Crippen MR) is 120 cm³/mol. The molecule has 1 aromatic carbocycles. The Balaban J connectivity index is 1.64. The Kier molecular flexibility index (Phi) is 6.63. The van der Waals surface area contributed by atoms with Gasteiger partial charge in [0.2, 0.25) is 0 Å². The average Bonchev–Trinajstić information content (AvgIpc) is 3.02. The van der Waals surface area contributed by atoms with Crippen LogP contribution in [0, 0.1) is 5.82 Å². The molecule has 4 N–H and O–H groups in total. The summed E-state index contributed by atoms with van der Waals surface area (Å²) in [5.74, 6) is 0.538. The number of hydrogen-bond acceptors (Lipinski definition) is 6. The van der Waals surface area contributed by atoms with Crippen molar-refractivity contribution in [1.82, 2.24) is 20.9 Å². The van der Waals surface area contributed by atoms with Crippen LogP contribution in [-0.4, -0.2) is 56.2 Å². The number of nitrogens with one attached hydrogen (secondary N) is 4. The molecule has 1 saturated heterocycles. The van der Waals surface area contributed by atoms with Crippen LogP contribution in [0.5, 0.6) is 5.75 Å². The van der Waals surface area contributed by atoms with E-state index in [-0.39, 0.29) is 18.3 Å². The Morgan fingerprint density at radius 3 is 2.87 bits per heavy atom. The molecule has 3 unspecified atom stereocenters. The van der Waals surface area contributed by atoms with Gasteiger partial charge in [0, 0.05) is 30.6 Å². The first-order valence-electron chi connectivity index (χ1n) is 11.3. The number of halogens is 1. The average molecular weight is 418 g/mol. The van der Waals surface area contributed by atoms with Gasteiger partial charge in [-0.05, 0) is 65.3 Å². The van der Waals surface area contributed by atoms with Crippen LogP contribution in [0.2, 0.25) is 0 Å². The normalized spacial score (nSPS) is 27.4. The van der Waals surface area contributed by atoms with Gasteiger partial charge < -0.3 is 15.4 Å². The lowest BCUT2D eigenvalue weighted by atomic mass is 9.96. The Morgan fingerprint density at radius 2 is 2.10 bits per heavy atom. The van der Waals surface area contributed by atoms with Crippen LogP contribution in [0.15, 0.2) is 12.1 Å². The Labute approximate surface area is 179 Å². The zero-order valence-corrected chi connectivity index (χ0v) is 18.6. The molecule has 0 bridgehead atoms. The summed E-state index contributed by atoms with van der Waals surface area (Å²) in [6.07, 6.45) is 5.89. The third-order valence-corrected chi connectivity index (χ3v) is 6.48. The third-order valence-electron chi connectivity index (χ3n) is 6.48. The number of allylic oxidation sites excluding steroid dienone is 1. The molecule has 4 rings (SSSR count). The van der Waals surface area contributed by atoms with Crippen molar-refractivity contribution in [2.45, 2.75) is 71.0 Å². The maximum absolute atomic E-state index is 15.9. The number of fused-ring (bicyclic) bond motifs is 1. The van der Waals surface area contributed by atoms with Gasteiger partial charge in [-0.3, -0.25) is 15.5 Å². The minimum atomic E-state index is -0.206. The molecule has 7 heteroatoms. The lowest BCUT2D eigenvalue weighted by Crippen LogP contribution is -2.63. The van der Waals surface area contributed by atoms with Crippen molar-refractivity contribution in [2.75, 3.05) is 32.1 Å². The van der Waals surface area contributed by atoms with E-state index in [1.54, 1.807) is 0 Å². The molecule has 0 saturated carbocycles. The van der Waals surface area contributed by atoms with Crippen molar-refractivity contribution in [3.8, 4) is 5.75 Å². The summed E-state index contributed by atoms with van der Waals surface area (Å²) in [5.41, 5.74) is 3.36. The summed E-state index contributed by atoms with van der Waals surface area (Å²) in [5, 5.41) is 13.6. The second-order valence-electron chi connectivity index (χ2n) is 9.01. The zero-order chi connectivity index (χ0) is 21.3. The fraction of sp³-hybridized carbons (Fsp3) is 0.652. The maximum Gasteiger partial charge on any atom is 0.157 e. The van der Waals surface area contributed by atoms with Crippen LogP contribution in [0.1, 0.15) is 51.2 Å². The van der Waals surface area contributed by atoms with Gasteiger partial charge in [0.1, 0.15) is 12.0 Å². The van der Waals surface area contributed by atoms with E-state index in [9.17, 15) is 0 Å². The van der Waals surface area contributed by atoms with E-state index in [0.717, 1.165) is 55.7 Å². The lowest BCUT2D eigenvalue weighted by molar-refractivity contribution is 0.248. The van der Waals surface area contributed by atoms with E-state index in [1.165, 1.54) is 0 Å². The summed E-state index contributed by atoms with van der Waals surface area (Å²) >= 11 is 0. The van der Waals surface area contributed by atoms with Crippen LogP contribution in [0.4, 0.5) is 10.1 Å². The molecule has 0 amide bonds. The van der Waals surface area contributed by atoms with Gasteiger partial charge in [-0.1, -0.05) is 6.08 Å². The standard InChI is InChI=1S/C23H36FN5O/c1-14(2)29-9-5-6-16(7-10-29)20-21(24)18(13-17-8-11-30-22(17)20)27-23-26-15(3)12-19(25-4)28-23/h7,13-15,19,23,25-28H,5-6,8-12H2,1-4H3. The molecule has 3 heterocycles. The molecular formula is C23H36FN5O. The molecule has 166 valence electrons. The molecule has 1 fully saturated rings. The van der Waals surface area contributed by atoms with Crippen molar-refractivity contribution in [1.29, 1.82) is 0 Å². The zero-order valence-electron chi connectivity index (χ0n) is 18.6. The van der Waals surface area contributed by atoms with Crippen LogP contribution in [0.3, 0.4) is 0 Å². The lowest BCUT2D eigenvalue weighted by Gasteiger charge is -2.37. The van der Waals surface area contributed by atoms with Crippen LogP contribution < -0.4 is 26.0 Å². The first kappa shape index (κ1) is 21.6. The quantitative estimate of drug-likeness (QED) is 0.591. The Bertz CT molecular complexity index is 796. The molecule has 0 spiro atoms. The summed E-state index contributed by atoms with van der Waals surface area (Å²) in [6.45, 7) is 9.10. The Hall–Kier alpha value is -1.67. The van der Waals surface area contributed by atoms with Crippen molar-refractivity contribution in [2.24, 2.45) is 0 Å². The summed E-state index contributed by atoms with van der Waals surface area (Å²) in [6, 6.07) is 2.75. The van der Waals surface area contributed by atoms with Gasteiger partial charge in [0.05, 0.1) is 24.0 Å². The highest BCUT2D eigenvalue weighted by molar-refractivity contribution is 5.77. The largest absolute Gasteiger partial charge is 0.492 e. The number of hydrogen-bond donors (Lipinski definition) is 4. The first-order valence-corrected chi connectivity index (χ1v) is 11.3. The van der Waals surface area contributed by atoms with Gasteiger partial charge in [0.15, 0.2) is 5.82 Å². The van der Waals surface area contributed by atoms with Crippen LogP contribution in [-0.2, 0) is 6.42 Å². The Morgan fingerprint density at radius 1 is 1.27 bits per heavy atom. The van der Waals surface area contributed by atoms with E-state index in [0.29, 0.717) is 29.9 Å². The highest BCUT2D eigenvalue weighted by atomic mass is 19.1. The van der Waals surface area contributed by atoms with Gasteiger partial charge in [-0.2, -0.15) is 0 Å². The smallest absolute Gasteiger partial charge is 0.157 e. The van der Waals surface area contributed by atoms with E-state index in [4.69, 9.17) is 4.74 Å². The molecule has 0 aliphatic carbocycles. The van der Waals surface area contributed by atoms with Crippen LogP contribution in [0.25, 0.3) is 5.57 Å². The predicted octanol–water partition coefficient (Wildman–Crippen LogP) is 2.86. The van der Waals surface area contributed by atoms with E-state index >= 15 is 4.39 Å². The fourth-order valence-corrected chi connectivity index (χ4v) is 4.76. The molecule has 0 radical (unpaired) electrons. The molecule has 3 aliphatic rings. The molecule has 6 nitrogen and oxygen atoms in total. The summed E-state index contributed by atoms with van der Waals surface area (Å²) in [4.78, 5) is 2.43. The highest BCUT2D eigenvalue weighted by Gasteiger charge is 2.29. The molecular weight excluding hydrogens is 381 g/mol. The second-order valence-corrected chi connectivity index (χ2v) is 9.01. The minimum absolute atomic E-state index is 0.186. The number of benzene rings is 1. The highest BCUT2D eigenvalue weighted by Crippen LogP contribution is 2.41. The fourth-order valence-electron chi connectivity index (χ4n) is 4.76. The van der Waals surface area contributed by atoms with Crippen molar-refractivity contribution < 1.29 is 9.13 Å². The molecule has 3 aliphatic heterocycles. The second kappa shape index (κ2) is 9.22. The molecule has 1 aromatic rings. The monoisotopic (exact) mass is 417 g/mol. The van der Waals surface area contributed by atoms with Gasteiger partial charge >= 0.3 is 0 Å². The molecule has 3 atom stereocenters. The van der Waals surface area contributed by atoms with Gasteiger partial charge in [-0.25, -0.2) is 4.39 Å². The summed E-state index contributed by atoms with van der Waals surface area (Å²) in [7, 11) is 1.94. The maximum atomic E-state index is 15.9. The number of ether oxygens (including phenoxy) is 1. The topological polar surface area (TPSA) is 60.6 Å². The number of nitrogens with zero attached hydrogens (tertiary/aromatic N) is 1.